The number of anilines is 2. The van der Waals surface area contributed by atoms with Crippen molar-refractivity contribution in [2.45, 2.75) is 38.3 Å². The van der Waals surface area contributed by atoms with Gasteiger partial charge in [0.2, 0.25) is 11.8 Å². The largest absolute Gasteiger partial charge is 0.310 e. The van der Waals surface area contributed by atoms with Crippen LogP contribution in [0, 0.1) is 18.8 Å². The summed E-state index contributed by atoms with van der Waals surface area (Å²) < 4.78 is 0. The molecule has 2 aromatic carbocycles. The van der Waals surface area contributed by atoms with E-state index < -0.39 is 17.4 Å². The third kappa shape index (κ3) is 2.17. The van der Waals surface area contributed by atoms with Crippen molar-refractivity contribution in [3.8, 4) is 0 Å². The lowest BCUT2D eigenvalue weighted by atomic mass is 9.75. The number of amides is 3. The highest BCUT2D eigenvalue weighted by Crippen LogP contribution is 2.61. The van der Waals surface area contributed by atoms with Crippen LogP contribution in [0.15, 0.2) is 42.5 Å². The fraction of sp³-hybridized carbons (Fsp3) is 0.400. The van der Waals surface area contributed by atoms with Crippen molar-refractivity contribution in [2.24, 2.45) is 11.8 Å². The molecular formula is C25H24ClN3O3. The van der Waals surface area contributed by atoms with Gasteiger partial charge in [0.25, 0.3) is 5.91 Å². The average molecular weight is 450 g/mol. The lowest BCUT2D eigenvalue weighted by Crippen LogP contribution is -2.56. The average Bonchev–Trinajstić information content (AvgIpc) is 3.48. The molecule has 3 saturated heterocycles. The van der Waals surface area contributed by atoms with Crippen molar-refractivity contribution in [1.29, 1.82) is 0 Å². The number of likely N-dealkylation sites (N-methyl/N-ethyl adjacent to an activating group) is 1. The van der Waals surface area contributed by atoms with E-state index in [1.807, 2.05) is 44.2 Å². The smallest absolute Gasteiger partial charge is 0.253 e. The highest BCUT2D eigenvalue weighted by atomic mass is 35.5. The van der Waals surface area contributed by atoms with Gasteiger partial charge in [0.1, 0.15) is 5.54 Å². The Labute approximate surface area is 191 Å². The van der Waals surface area contributed by atoms with Gasteiger partial charge >= 0.3 is 0 Å². The number of fused-ring (bicyclic) bond motifs is 7. The van der Waals surface area contributed by atoms with E-state index in [2.05, 4.69) is 4.90 Å². The standard InChI is InChI=1S/C25H24ClN3O3/c1-3-27-17-8-5-4-7-16(17)25(24(27)32)21-20(18-9-6-12-28(18)25)22(30)29(23(21)31)19-13-15(26)11-10-14(19)2/h4-5,7-8,10-11,13,18,20-21H,3,6,9,12H2,1-2H3/t18-,20-,21+,25+/m1/s1. The fourth-order valence-electron chi connectivity index (χ4n) is 6.72. The summed E-state index contributed by atoms with van der Waals surface area (Å²) in [5, 5.41) is 0.472. The number of nitrogens with zero attached hydrogens (tertiary/aromatic N) is 3. The molecule has 4 aliphatic rings. The zero-order valence-corrected chi connectivity index (χ0v) is 18.8. The molecule has 6 rings (SSSR count). The van der Waals surface area contributed by atoms with Gasteiger partial charge in [0, 0.05) is 28.9 Å². The van der Waals surface area contributed by atoms with Crippen LogP contribution in [-0.2, 0) is 19.9 Å². The first-order chi connectivity index (χ1) is 15.4. The van der Waals surface area contributed by atoms with Crippen LogP contribution >= 0.6 is 11.6 Å². The lowest BCUT2D eigenvalue weighted by Gasteiger charge is -2.37. The first kappa shape index (κ1) is 19.9. The maximum atomic E-state index is 14.1. The van der Waals surface area contributed by atoms with Crippen LogP contribution in [0.25, 0.3) is 0 Å². The van der Waals surface area contributed by atoms with Crippen LogP contribution in [0.4, 0.5) is 11.4 Å². The van der Waals surface area contributed by atoms with Gasteiger partial charge < -0.3 is 4.90 Å². The van der Waals surface area contributed by atoms with Crippen molar-refractivity contribution in [2.75, 3.05) is 22.9 Å². The molecule has 0 radical (unpaired) electrons. The maximum Gasteiger partial charge on any atom is 0.253 e. The van der Waals surface area contributed by atoms with E-state index in [0.717, 1.165) is 29.7 Å². The van der Waals surface area contributed by atoms with E-state index in [1.165, 1.54) is 4.90 Å². The van der Waals surface area contributed by atoms with Crippen molar-refractivity contribution >= 4 is 40.7 Å². The number of carbonyl (C=O) groups excluding carboxylic acids is 3. The number of halogens is 1. The fourth-order valence-corrected chi connectivity index (χ4v) is 6.88. The van der Waals surface area contributed by atoms with Crippen molar-refractivity contribution in [3.63, 3.8) is 0 Å². The van der Waals surface area contributed by atoms with Gasteiger partial charge in [0.05, 0.1) is 17.5 Å². The summed E-state index contributed by atoms with van der Waals surface area (Å²) in [6, 6.07) is 12.9. The quantitative estimate of drug-likeness (QED) is 0.658. The minimum atomic E-state index is -1.12. The van der Waals surface area contributed by atoms with Crippen molar-refractivity contribution in [3.05, 3.63) is 58.6 Å². The Hall–Kier alpha value is -2.70. The Morgan fingerprint density at radius 1 is 1.06 bits per heavy atom. The number of imide groups is 1. The molecule has 0 N–H and O–H groups in total. The number of aryl methyl sites for hydroxylation is 1. The van der Waals surface area contributed by atoms with Crippen LogP contribution in [0.1, 0.15) is 30.9 Å². The summed E-state index contributed by atoms with van der Waals surface area (Å²) in [7, 11) is 0. The second-order valence-electron chi connectivity index (χ2n) is 9.18. The molecule has 4 aliphatic heterocycles. The minimum Gasteiger partial charge on any atom is -0.310 e. The molecule has 0 saturated carbocycles. The Morgan fingerprint density at radius 2 is 1.84 bits per heavy atom. The molecule has 3 fully saturated rings. The van der Waals surface area contributed by atoms with Gasteiger partial charge in [-0.15, -0.1) is 0 Å². The third-order valence-electron chi connectivity index (χ3n) is 7.87. The zero-order valence-electron chi connectivity index (χ0n) is 18.0. The second-order valence-corrected chi connectivity index (χ2v) is 9.62. The van der Waals surface area contributed by atoms with E-state index in [4.69, 9.17) is 11.6 Å². The minimum absolute atomic E-state index is 0.0774. The highest BCUT2D eigenvalue weighted by molar-refractivity contribution is 6.32. The van der Waals surface area contributed by atoms with Gasteiger partial charge in [0.15, 0.2) is 0 Å². The van der Waals surface area contributed by atoms with Gasteiger partial charge in [-0.25, -0.2) is 4.90 Å². The summed E-state index contributed by atoms with van der Waals surface area (Å²) in [4.78, 5) is 47.3. The monoisotopic (exact) mass is 449 g/mol. The first-order valence-electron chi connectivity index (χ1n) is 11.2. The van der Waals surface area contributed by atoms with E-state index >= 15 is 0 Å². The molecule has 0 bridgehead atoms. The van der Waals surface area contributed by atoms with Crippen molar-refractivity contribution < 1.29 is 14.4 Å². The summed E-state index contributed by atoms with van der Waals surface area (Å²) in [5.74, 6) is -1.84. The highest BCUT2D eigenvalue weighted by Gasteiger charge is 2.75. The molecule has 164 valence electrons. The van der Waals surface area contributed by atoms with Crippen LogP contribution < -0.4 is 9.80 Å². The Balaban J connectivity index is 1.58. The van der Waals surface area contributed by atoms with Gasteiger partial charge in [-0.05, 0) is 57.0 Å². The van der Waals surface area contributed by atoms with Gasteiger partial charge in [-0.2, -0.15) is 0 Å². The van der Waals surface area contributed by atoms with E-state index in [0.29, 0.717) is 23.8 Å². The molecular weight excluding hydrogens is 426 g/mol. The Kier molecular flexibility index (Phi) is 4.15. The Morgan fingerprint density at radius 3 is 2.62 bits per heavy atom. The molecule has 4 heterocycles. The van der Waals surface area contributed by atoms with Gasteiger partial charge in [-0.3, -0.25) is 19.3 Å². The predicted octanol–water partition coefficient (Wildman–Crippen LogP) is 3.49. The number of hydrogen-bond donors (Lipinski definition) is 0. The van der Waals surface area contributed by atoms with E-state index in [-0.39, 0.29) is 23.8 Å². The van der Waals surface area contributed by atoms with E-state index in [9.17, 15) is 14.4 Å². The molecule has 0 aromatic heterocycles. The van der Waals surface area contributed by atoms with Crippen LogP contribution in [-0.4, -0.2) is 41.8 Å². The summed E-state index contributed by atoms with van der Waals surface area (Å²) in [5.41, 5.74) is 1.92. The predicted molar refractivity (Wildman–Crippen MR) is 122 cm³/mol. The van der Waals surface area contributed by atoms with Crippen LogP contribution in [0.5, 0.6) is 0 Å². The SMILES string of the molecule is CCN1C(=O)[C@]2(c3ccccc31)[C@@H]1C(=O)N(c3cc(Cl)ccc3C)C(=O)[C@@H]1[C@H]1CCCN12. The molecule has 7 heteroatoms. The third-order valence-corrected chi connectivity index (χ3v) is 8.11. The maximum absolute atomic E-state index is 14.1. The number of carbonyl (C=O) groups is 3. The summed E-state index contributed by atoms with van der Waals surface area (Å²) in [6.45, 7) is 5.05. The second kappa shape index (κ2) is 6.65. The molecule has 4 atom stereocenters. The molecule has 6 nitrogen and oxygen atoms in total. The number of benzene rings is 2. The number of para-hydroxylation sites is 1. The van der Waals surface area contributed by atoms with Crippen LogP contribution in [0.2, 0.25) is 5.02 Å². The molecule has 3 amide bonds. The van der Waals surface area contributed by atoms with Crippen molar-refractivity contribution in [1.82, 2.24) is 4.90 Å². The van der Waals surface area contributed by atoms with Gasteiger partial charge in [-0.1, -0.05) is 35.9 Å². The summed E-state index contributed by atoms with van der Waals surface area (Å²) in [6.07, 6.45) is 1.72. The zero-order chi connectivity index (χ0) is 22.4. The topological polar surface area (TPSA) is 60.9 Å². The normalized spacial score (nSPS) is 31.1. The Bertz CT molecular complexity index is 1200. The molecule has 1 spiro atoms. The van der Waals surface area contributed by atoms with E-state index in [1.54, 1.807) is 17.0 Å². The molecule has 0 unspecified atom stereocenters. The molecule has 2 aromatic rings. The first-order valence-corrected chi connectivity index (χ1v) is 11.6. The number of hydrogen-bond acceptors (Lipinski definition) is 4. The number of rotatable bonds is 2. The molecule has 32 heavy (non-hydrogen) atoms. The van der Waals surface area contributed by atoms with Crippen LogP contribution in [0.3, 0.4) is 0 Å². The summed E-state index contributed by atoms with van der Waals surface area (Å²) >= 11 is 6.23. The lowest BCUT2D eigenvalue weighted by molar-refractivity contribution is -0.137. The molecule has 0 aliphatic carbocycles.